The average molecular weight is 444 g/mol. The lowest BCUT2D eigenvalue weighted by atomic mass is 10.2. The minimum atomic E-state index is -0.782. The highest BCUT2D eigenvalue weighted by Gasteiger charge is 2.30. The molecule has 0 radical (unpaired) electrons. The molecule has 2 N–H and O–H groups in total. The van der Waals surface area contributed by atoms with Crippen LogP contribution in [0.25, 0.3) is 10.9 Å². The van der Waals surface area contributed by atoms with E-state index in [1.165, 1.54) is 6.07 Å². The van der Waals surface area contributed by atoms with Gasteiger partial charge in [-0.3, -0.25) is 4.79 Å². The summed E-state index contributed by atoms with van der Waals surface area (Å²) in [5, 5.41) is 3.02. The molecule has 3 rings (SSSR count). The molecule has 0 saturated carbocycles. The standard InChI is InChI=1S/C18H20BrF2N3O3/c1-18(2,3)27-17(26)22-10-4-5-24(8-10)16(25)12-7-9-6-11(20)13(19)14(21)15(9)23-12/h6-7,10,23H,4-5,8H2,1-3H3,(H,22,26)/t10-/m1/s1. The third-order valence-corrected chi connectivity index (χ3v) is 4.91. The fourth-order valence-corrected chi connectivity index (χ4v) is 3.32. The van der Waals surface area contributed by atoms with Gasteiger partial charge in [-0.25, -0.2) is 13.6 Å². The molecule has 0 unspecified atom stereocenters. The second-order valence-corrected chi connectivity index (χ2v) is 8.31. The Morgan fingerprint density at radius 3 is 2.70 bits per heavy atom. The van der Waals surface area contributed by atoms with Crippen molar-refractivity contribution in [2.24, 2.45) is 0 Å². The van der Waals surface area contributed by atoms with Gasteiger partial charge in [0.05, 0.1) is 16.0 Å². The zero-order valence-corrected chi connectivity index (χ0v) is 16.7. The van der Waals surface area contributed by atoms with Gasteiger partial charge in [-0.05, 0) is 55.3 Å². The summed E-state index contributed by atoms with van der Waals surface area (Å²) in [6.45, 7) is 6.07. The summed E-state index contributed by atoms with van der Waals surface area (Å²) in [7, 11) is 0. The van der Waals surface area contributed by atoms with Crippen molar-refractivity contribution in [3.8, 4) is 0 Å². The van der Waals surface area contributed by atoms with Crippen molar-refractivity contribution in [2.45, 2.75) is 38.8 Å². The molecule has 1 aromatic carbocycles. The van der Waals surface area contributed by atoms with Gasteiger partial charge in [0.25, 0.3) is 5.91 Å². The summed E-state index contributed by atoms with van der Waals surface area (Å²) in [6, 6.07) is 2.36. The van der Waals surface area contributed by atoms with E-state index in [4.69, 9.17) is 4.74 Å². The molecule has 2 heterocycles. The monoisotopic (exact) mass is 443 g/mol. The van der Waals surface area contributed by atoms with Crippen LogP contribution in [0.4, 0.5) is 13.6 Å². The van der Waals surface area contributed by atoms with Crippen molar-refractivity contribution < 1.29 is 23.1 Å². The lowest BCUT2D eigenvalue weighted by Gasteiger charge is -2.22. The molecular formula is C18H20BrF2N3O3. The number of aromatic nitrogens is 1. The Kier molecular flexibility index (Phi) is 5.16. The SMILES string of the molecule is CC(C)(C)OC(=O)N[C@@H]1CCN(C(=O)c2cc3cc(F)c(Br)c(F)c3[nH]2)C1. The van der Waals surface area contributed by atoms with Gasteiger partial charge in [-0.1, -0.05) is 0 Å². The van der Waals surface area contributed by atoms with Gasteiger partial charge in [0.1, 0.15) is 17.1 Å². The second-order valence-electron chi connectivity index (χ2n) is 7.52. The first-order valence-corrected chi connectivity index (χ1v) is 9.29. The van der Waals surface area contributed by atoms with Crippen molar-refractivity contribution in [3.05, 3.63) is 33.9 Å². The average Bonchev–Trinajstić information content (AvgIpc) is 3.17. The normalized spacial score (nSPS) is 17.4. The van der Waals surface area contributed by atoms with E-state index in [0.29, 0.717) is 19.5 Å². The van der Waals surface area contributed by atoms with Crippen LogP contribution in [-0.4, -0.2) is 46.6 Å². The molecule has 0 spiro atoms. The molecule has 1 aliphatic heterocycles. The molecule has 1 aliphatic rings. The predicted molar refractivity (Wildman–Crippen MR) is 99.6 cm³/mol. The number of carbonyl (C=O) groups excluding carboxylic acids is 2. The molecular weight excluding hydrogens is 424 g/mol. The number of ether oxygens (including phenoxy) is 1. The van der Waals surface area contributed by atoms with Crippen LogP contribution in [0.3, 0.4) is 0 Å². The van der Waals surface area contributed by atoms with E-state index >= 15 is 0 Å². The lowest BCUT2D eigenvalue weighted by Crippen LogP contribution is -2.41. The first-order chi connectivity index (χ1) is 12.5. The Bertz CT molecular complexity index is 907. The van der Waals surface area contributed by atoms with Gasteiger partial charge in [0, 0.05) is 18.5 Å². The highest BCUT2D eigenvalue weighted by Crippen LogP contribution is 2.29. The van der Waals surface area contributed by atoms with Crippen molar-refractivity contribution in [3.63, 3.8) is 0 Å². The maximum Gasteiger partial charge on any atom is 0.407 e. The molecule has 1 atom stereocenters. The minimum Gasteiger partial charge on any atom is -0.444 e. The number of fused-ring (bicyclic) bond motifs is 1. The smallest absolute Gasteiger partial charge is 0.407 e. The minimum absolute atomic E-state index is 0.0641. The zero-order chi connectivity index (χ0) is 19.9. The number of halogens is 3. The third kappa shape index (κ3) is 4.23. The molecule has 1 fully saturated rings. The maximum atomic E-state index is 14.1. The highest BCUT2D eigenvalue weighted by atomic mass is 79.9. The zero-order valence-electron chi connectivity index (χ0n) is 15.2. The van der Waals surface area contributed by atoms with Crippen LogP contribution in [-0.2, 0) is 4.74 Å². The van der Waals surface area contributed by atoms with Crippen molar-refractivity contribution in [1.29, 1.82) is 0 Å². The highest BCUT2D eigenvalue weighted by molar-refractivity contribution is 9.10. The van der Waals surface area contributed by atoms with Crippen molar-refractivity contribution in [2.75, 3.05) is 13.1 Å². The van der Waals surface area contributed by atoms with E-state index in [1.54, 1.807) is 25.7 Å². The van der Waals surface area contributed by atoms with Crippen LogP contribution in [0, 0.1) is 11.6 Å². The summed E-state index contributed by atoms with van der Waals surface area (Å²) >= 11 is 2.85. The molecule has 1 aromatic heterocycles. The van der Waals surface area contributed by atoms with Gasteiger partial charge in [0.2, 0.25) is 0 Å². The van der Waals surface area contributed by atoms with E-state index in [2.05, 4.69) is 26.2 Å². The Labute approximate surface area is 163 Å². The Morgan fingerprint density at radius 1 is 1.33 bits per heavy atom. The van der Waals surface area contributed by atoms with E-state index in [1.807, 2.05) is 0 Å². The number of hydrogen-bond donors (Lipinski definition) is 2. The second kappa shape index (κ2) is 7.10. The fourth-order valence-electron chi connectivity index (χ4n) is 3.00. The number of alkyl carbamates (subject to hydrolysis) is 1. The Balaban J connectivity index is 1.69. The maximum absolute atomic E-state index is 14.1. The first kappa shape index (κ1) is 19.6. The number of hydrogen-bond acceptors (Lipinski definition) is 3. The summed E-state index contributed by atoms with van der Waals surface area (Å²) in [5.74, 6) is -1.86. The first-order valence-electron chi connectivity index (χ1n) is 8.50. The fraction of sp³-hybridized carbons (Fsp3) is 0.444. The number of aromatic amines is 1. The molecule has 27 heavy (non-hydrogen) atoms. The van der Waals surface area contributed by atoms with E-state index in [9.17, 15) is 18.4 Å². The molecule has 2 aromatic rings. The van der Waals surface area contributed by atoms with Gasteiger partial charge >= 0.3 is 6.09 Å². The number of rotatable bonds is 2. The van der Waals surface area contributed by atoms with Gasteiger partial charge in [-0.2, -0.15) is 0 Å². The van der Waals surface area contributed by atoms with E-state index in [0.717, 1.165) is 6.07 Å². The van der Waals surface area contributed by atoms with E-state index in [-0.39, 0.29) is 33.0 Å². The summed E-state index contributed by atoms with van der Waals surface area (Å²) in [5.41, 5.74) is -0.371. The van der Waals surface area contributed by atoms with Crippen LogP contribution >= 0.6 is 15.9 Å². The van der Waals surface area contributed by atoms with Crippen LogP contribution in [0.15, 0.2) is 16.6 Å². The molecule has 6 nitrogen and oxygen atoms in total. The molecule has 2 amide bonds. The van der Waals surface area contributed by atoms with Crippen LogP contribution < -0.4 is 5.32 Å². The molecule has 0 bridgehead atoms. The van der Waals surface area contributed by atoms with Crippen molar-refractivity contribution >= 4 is 38.8 Å². The number of H-pyrrole nitrogens is 1. The molecule has 0 aliphatic carbocycles. The van der Waals surface area contributed by atoms with Gasteiger partial charge in [-0.15, -0.1) is 0 Å². The molecule has 9 heteroatoms. The lowest BCUT2D eigenvalue weighted by molar-refractivity contribution is 0.0502. The summed E-state index contributed by atoms with van der Waals surface area (Å²) in [4.78, 5) is 28.8. The number of nitrogens with one attached hydrogen (secondary N) is 2. The number of carbonyl (C=O) groups is 2. The number of amides is 2. The Hall–Kier alpha value is -2.16. The van der Waals surface area contributed by atoms with Gasteiger partial charge in [0.15, 0.2) is 5.82 Å². The van der Waals surface area contributed by atoms with Crippen molar-refractivity contribution in [1.82, 2.24) is 15.2 Å². The Morgan fingerprint density at radius 2 is 2.04 bits per heavy atom. The largest absolute Gasteiger partial charge is 0.444 e. The summed E-state index contributed by atoms with van der Waals surface area (Å²) in [6.07, 6.45) is 0.0505. The molecule has 146 valence electrons. The van der Waals surface area contributed by atoms with Crippen LogP contribution in [0.1, 0.15) is 37.7 Å². The number of likely N-dealkylation sites (tertiary alicyclic amines) is 1. The third-order valence-electron chi connectivity index (χ3n) is 4.18. The van der Waals surface area contributed by atoms with E-state index < -0.39 is 23.3 Å². The topological polar surface area (TPSA) is 74.4 Å². The summed E-state index contributed by atoms with van der Waals surface area (Å²) < 4.78 is 32.7. The van der Waals surface area contributed by atoms with Crippen LogP contribution in [0.5, 0.6) is 0 Å². The van der Waals surface area contributed by atoms with Crippen LogP contribution in [0.2, 0.25) is 0 Å². The number of nitrogens with zero attached hydrogens (tertiary/aromatic N) is 1. The molecule has 1 saturated heterocycles. The number of benzene rings is 1. The van der Waals surface area contributed by atoms with Gasteiger partial charge < -0.3 is 19.9 Å². The quantitative estimate of drug-likeness (QED) is 0.690. The predicted octanol–water partition coefficient (Wildman–Crippen LogP) is 3.95.